The van der Waals surface area contributed by atoms with Crippen LogP contribution in [-0.2, 0) is 4.65 Å². The summed E-state index contributed by atoms with van der Waals surface area (Å²) < 4.78 is 10.4. The maximum absolute atomic E-state index is 9.53. The molecular weight excluding hydrogens is 360 g/mol. The van der Waals surface area contributed by atoms with Crippen molar-refractivity contribution in [2.75, 3.05) is 26.4 Å². The molecule has 26 heavy (non-hydrogen) atoms. The third-order valence-electron chi connectivity index (χ3n) is 3.58. The Morgan fingerprint density at radius 2 is 1.73 bits per heavy atom. The molecule has 0 aliphatic carbocycles. The molecule has 0 radical (unpaired) electrons. The Bertz CT molecular complexity index is 482. The van der Waals surface area contributed by atoms with Gasteiger partial charge in [-0.25, -0.2) is 0 Å². The highest BCUT2D eigenvalue weighted by Gasteiger charge is 2.20. The summed E-state index contributed by atoms with van der Waals surface area (Å²) in [6.45, 7) is 3.35. The molecular formula is C17H31BClNO6. The van der Waals surface area contributed by atoms with Crippen LogP contribution in [0.3, 0.4) is 0 Å². The molecule has 0 atom stereocenters. The minimum Gasteiger partial charge on any atom is -0.512 e. The number of hydrogen-bond donors (Lipinski definition) is 5. The van der Waals surface area contributed by atoms with Crippen molar-refractivity contribution in [3.63, 3.8) is 0 Å². The fraction of sp³-hybridized carbons (Fsp3) is 0.647. The topological polar surface area (TPSA) is 125 Å². The lowest BCUT2D eigenvalue weighted by molar-refractivity contribution is 0.0697. The van der Waals surface area contributed by atoms with E-state index in [0.29, 0.717) is 17.4 Å². The molecule has 1 rings (SSSR count). The molecule has 0 saturated carbocycles. The van der Waals surface area contributed by atoms with Crippen LogP contribution in [0.15, 0.2) is 18.2 Å². The van der Waals surface area contributed by atoms with Crippen molar-refractivity contribution in [3.8, 4) is 5.75 Å². The molecule has 0 unspecified atom stereocenters. The van der Waals surface area contributed by atoms with Crippen molar-refractivity contribution in [3.05, 3.63) is 28.8 Å². The first kappa shape index (κ1) is 25.1. The zero-order valence-corrected chi connectivity index (χ0v) is 16.3. The molecule has 0 fully saturated rings. The quantitative estimate of drug-likeness (QED) is 0.284. The number of hydrogen-bond acceptors (Lipinski definition) is 7. The Kier molecular flexibility index (Phi) is 13.8. The number of rotatable bonds is 11. The highest BCUT2D eigenvalue weighted by atomic mass is 35.5. The third kappa shape index (κ3) is 11.0. The zero-order chi connectivity index (χ0) is 20.0. The zero-order valence-electron chi connectivity index (χ0n) is 15.5. The Hall–Kier alpha value is -0.865. The summed E-state index contributed by atoms with van der Waals surface area (Å²) in [5.74, 6) is 0.506. The summed E-state index contributed by atoms with van der Waals surface area (Å²) in [5, 5.41) is 35.2. The number of aliphatic hydroxyl groups excluding tert-OH is 3. The van der Waals surface area contributed by atoms with Gasteiger partial charge in [0.05, 0.1) is 25.4 Å². The van der Waals surface area contributed by atoms with E-state index in [1.54, 1.807) is 12.1 Å². The standard InChI is InChI=1S/C13H20BClO3.C4H11NO3/c1-3-4-5-6-9-17-14(16)18-12-8-7-11(2)13(15)10-12;5-4(1-6,2-7)3-8/h7-8,10,16H,3-6,9H2,1-2H3;6-8H,1-3,5H2. The second-order valence-corrected chi connectivity index (χ2v) is 6.51. The average Bonchev–Trinajstić information content (AvgIpc) is 2.64. The largest absolute Gasteiger partial charge is 0.710 e. The monoisotopic (exact) mass is 391 g/mol. The van der Waals surface area contributed by atoms with E-state index in [4.69, 9.17) is 42.0 Å². The summed E-state index contributed by atoms with van der Waals surface area (Å²) in [4.78, 5) is 0. The van der Waals surface area contributed by atoms with Crippen LogP contribution in [0, 0.1) is 6.92 Å². The Morgan fingerprint density at radius 1 is 1.12 bits per heavy atom. The van der Waals surface area contributed by atoms with E-state index in [1.165, 1.54) is 12.8 Å². The van der Waals surface area contributed by atoms with E-state index in [9.17, 15) is 5.02 Å². The van der Waals surface area contributed by atoms with E-state index in [0.717, 1.165) is 18.4 Å². The van der Waals surface area contributed by atoms with Crippen LogP contribution in [0.5, 0.6) is 5.75 Å². The fourth-order valence-corrected chi connectivity index (χ4v) is 1.83. The van der Waals surface area contributed by atoms with Crippen LogP contribution in [0.25, 0.3) is 0 Å². The number of aliphatic hydroxyl groups is 3. The van der Waals surface area contributed by atoms with Gasteiger partial charge < -0.3 is 35.4 Å². The van der Waals surface area contributed by atoms with Gasteiger partial charge in [-0.15, -0.1) is 0 Å². The lowest BCUT2D eigenvalue weighted by atomic mass is 10.1. The van der Waals surface area contributed by atoms with Crippen LogP contribution in [-0.4, -0.2) is 59.6 Å². The highest BCUT2D eigenvalue weighted by molar-refractivity contribution is 6.35. The SMILES string of the molecule is CCCCCCOB(O)Oc1ccc(C)c(Cl)c1.NC(CO)(CO)CO. The van der Waals surface area contributed by atoms with Crippen molar-refractivity contribution < 1.29 is 29.7 Å². The number of benzene rings is 1. The van der Waals surface area contributed by atoms with Crippen molar-refractivity contribution in [1.29, 1.82) is 0 Å². The fourth-order valence-electron chi connectivity index (χ4n) is 1.66. The van der Waals surface area contributed by atoms with Gasteiger partial charge in [0.15, 0.2) is 0 Å². The first-order valence-electron chi connectivity index (χ1n) is 8.65. The molecule has 1 aromatic rings. The van der Waals surface area contributed by atoms with E-state index in [1.807, 2.05) is 13.0 Å². The van der Waals surface area contributed by atoms with Crippen molar-refractivity contribution in [1.82, 2.24) is 0 Å². The second kappa shape index (κ2) is 14.2. The lowest BCUT2D eigenvalue weighted by Crippen LogP contribution is -2.50. The Morgan fingerprint density at radius 3 is 2.19 bits per heavy atom. The molecule has 9 heteroatoms. The van der Waals surface area contributed by atoms with Gasteiger partial charge in [-0.1, -0.05) is 43.9 Å². The van der Waals surface area contributed by atoms with E-state index in [2.05, 4.69) is 6.92 Å². The van der Waals surface area contributed by atoms with Crippen molar-refractivity contribution >= 4 is 18.9 Å². The molecule has 150 valence electrons. The number of aryl methyl sites for hydroxylation is 1. The predicted octanol–water partition coefficient (Wildman–Crippen LogP) is 1.26. The second-order valence-electron chi connectivity index (χ2n) is 6.10. The van der Waals surface area contributed by atoms with Crippen LogP contribution >= 0.6 is 11.6 Å². The predicted molar refractivity (Wildman–Crippen MR) is 103 cm³/mol. The number of halogens is 1. The van der Waals surface area contributed by atoms with Crippen molar-refractivity contribution in [2.45, 2.75) is 45.1 Å². The van der Waals surface area contributed by atoms with E-state index >= 15 is 0 Å². The van der Waals surface area contributed by atoms with Gasteiger partial charge >= 0.3 is 7.32 Å². The Balaban J connectivity index is 0.000000660. The van der Waals surface area contributed by atoms with Gasteiger partial charge in [0.1, 0.15) is 5.75 Å². The van der Waals surface area contributed by atoms with Crippen LogP contribution in [0.4, 0.5) is 0 Å². The molecule has 0 spiro atoms. The molecule has 0 aromatic heterocycles. The van der Waals surface area contributed by atoms with Gasteiger partial charge in [0, 0.05) is 11.6 Å². The molecule has 0 aliphatic heterocycles. The van der Waals surface area contributed by atoms with Crippen LogP contribution < -0.4 is 10.4 Å². The molecule has 0 aliphatic rings. The number of nitrogens with two attached hydrogens (primary N) is 1. The lowest BCUT2D eigenvalue weighted by Gasteiger charge is -2.20. The van der Waals surface area contributed by atoms with Gasteiger partial charge in [-0.2, -0.15) is 0 Å². The molecule has 1 aromatic carbocycles. The van der Waals surface area contributed by atoms with Crippen LogP contribution in [0.1, 0.15) is 38.2 Å². The molecule has 0 amide bonds. The summed E-state index contributed by atoms with van der Waals surface area (Å²) >= 11 is 5.96. The maximum Gasteiger partial charge on any atom is 0.710 e. The first-order chi connectivity index (χ1) is 12.3. The number of unbranched alkanes of at least 4 members (excludes halogenated alkanes) is 3. The summed E-state index contributed by atoms with van der Waals surface area (Å²) in [6, 6.07) is 5.26. The summed E-state index contributed by atoms with van der Waals surface area (Å²) in [7, 11) is -1.23. The van der Waals surface area contributed by atoms with Gasteiger partial charge in [0.2, 0.25) is 0 Å². The molecule has 0 bridgehead atoms. The van der Waals surface area contributed by atoms with Crippen molar-refractivity contribution in [2.24, 2.45) is 5.73 Å². The minimum absolute atomic E-state index is 0.403. The molecule has 6 N–H and O–H groups in total. The molecule has 0 saturated heterocycles. The van der Waals surface area contributed by atoms with Gasteiger partial charge in [-0.05, 0) is 31.0 Å². The van der Waals surface area contributed by atoms with Crippen LogP contribution in [0.2, 0.25) is 5.02 Å². The molecule has 0 heterocycles. The van der Waals surface area contributed by atoms with Gasteiger partial charge in [0.25, 0.3) is 0 Å². The Labute approximate surface area is 160 Å². The smallest absolute Gasteiger partial charge is 0.512 e. The van der Waals surface area contributed by atoms with E-state index < -0.39 is 32.7 Å². The average molecular weight is 392 g/mol. The van der Waals surface area contributed by atoms with E-state index in [-0.39, 0.29) is 0 Å². The summed E-state index contributed by atoms with van der Waals surface area (Å²) in [6.07, 6.45) is 4.41. The third-order valence-corrected chi connectivity index (χ3v) is 3.99. The minimum atomic E-state index is -1.23. The molecule has 7 nitrogen and oxygen atoms in total. The van der Waals surface area contributed by atoms with Gasteiger partial charge in [-0.3, -0.25) is 0 Å². The maximum atomic E-state index is 9.53. The first-order valence-corrected chi connectivity index (χ1v) is 9.03. The normalized spacial score (nSPS) is 10.9. The summed E-state index contributed by atoms with van der Waals surface area (Å²) in [5.41, 5.74) is 4.91. The highest BCUT2D eigenvalue weighted by Crippen LogP contribution is 2.21.